The molecule has 25 heavy (non-hydrogen) atoms. The Balaban J connectivity index is 2.31. The third-order valence-electron chi connectivity index (χ3n) is 3.77. The third kappa shape index (κ3) is 5.67. The summed E-state index contributed by atoms with van der Waals surface area (Å²) in [6, 6.07) is 6.81. The molecular formula is C18H24N2O5. The molecule has 0 fully saturated rings. The van der Waals surface area contributed by atoms with Gasteiger partial charge >= 0.3 is 5.63 Å². The molecule has 0 unspecified atom stereocenters. The molecule has 1 heterocycles. The highest BCUT2D eigenvalue weighted by Crippen LogP contribution is 2.22. The van der Waals surface area contributed by atoms with Crippen molar-refractivity contribution in [1.29, 1.82) is 0 Å². The molecule has 1 N–H and O–H groups in total. The number of carbonyl (C=O) groups excluding carboxylic acids is 1. The van der Waals surface area contributed by atoms with Crippen molar-refractivity contribution in [2.24, 2.45) is 0 Å². The van der Waals surface area contributed by atoms with Crippen LogP contribution >= 0.6 is 0 Å². The monoisotopic (exact) mass is 348 g/mol. The Labute approximate surface area is 146 Å². The molecule has 2 aromatic rings. The molecule has 0 atom stereocenters. The van der Waals surface area contributed by atoms with Crippen molar-refractivity contribution in [1.82, 2.24) is 4.90 Å². The number of nitrogens with one attached hydrogen (secondary N) is 1. The van der Waals surface area contributed by atoms with Crippen molar-refractivity contribution >= 4 is 22.6 Å². The van der Waals surface area contributed by atoms with E-state index >= 15 is 0 Å². The van der Waals surface area contributed by atoms with Crippen LogP contribution in [0.25, 0.3) is 11.0 Å². The van der Waals surface area contributed by atoms with Crippen molar-refractivity contribution < 1.29 is 18.7 Å². The number of amides is 1. The second-order valence-electron chi connectivity index (χ2n) is 5.74. The number of carbonyl (C=O) groups is 1. The molecule has 0 spiro atoms. The lowest BCUT2D eigenvalue weighted by atomic mass is 10.1. The Kier molecular flexibility index (Phi) is 7.12. The number of ether oxygens (including phenoxy) is 2. The first-order chi connectivity index (χ1) is 12.0. The van der Waals surface area contributed by atoms with Crippen LogP contribution < -0.4 is 10.9 Å². The van der Waals surface area contributed by atoms with E-state index in [4.69, 9.17) is 13.9 Å². The minimum atomic E-state index is -0.416. The van der Waals surface area contributed by atoms with Gasteiger partial charge in [-0.15, -0.1) is 0 Å². The van der Waals surface area contributed by atoms with Crippen molar-refractivity contribution in [3.63, 3.8) is 0 Å². The van der Waals surface area contributed by atoms with Crippen LogP contribution in [0, 0.1) is 0 Å². The molecular weight excluding hydrogens is 324 g/mol. The number of methoxy groups -OCH3 is 2. The van der Waals surface area contributed by atoms with Gasteiger partial charge in [-0.2, -0.15) is 0 Å². The van der Waals surface area contributed by atoms with Crippen molar-refractivity contribution in [3.05, 3.63) is 40.2 Å². The largest absolute Gasteiger partial charge is 0.423 e. The minimum Gasteiger partial charge on any atom is -0.423 e. The first kappa shape index (κ1) is 19.1. The van der Waals surface area contributed by atoms with Gasteiger partial charge in [-0.05, 0) is 17.7 Å². The average Bonchev–Trinajstić information content (AvgIpc) is 2.56. The van der Waals surface area contributed by atoms with E-state index in [2.05, 4.69) is 10.2 Å². The van der Waals surface area contributed by atoms with Crippen molar-refractivity contribution in [3.8, 4) is 0 Å². The first-order valence-electron chi connectivity index (χ1n) is 8.08. The van der Waals surface area contributed by atoms with E-state index in [0.717, 1.165) is 24.0 Å². The highest BCUT2D eigenvalue weighted by Gasteiger charge is 2.12. The Morgan fingerprint density at radius 3 is 2.44 bits per heavy atom. The molecule has 0 aliphatic heterocycles. The summed E-state index contributed by atoms with van der Waals surface area (Å²) >= 11 is 0. The molecule has 136 valence electrons. The van der Waals surface area contributed by atoms with E-state index < -0.39 is 5.63 Å². The van der Waals surface area contributed by atoms with E-state index in [9.17, 15) is 9.59 Å². The maximum atomic E-state index is 11.9. The molecule has 0 aliphatic carbocycles. The third-order valence-corrected chi connectivity index (χ3v) is 3.77. The zero-order chi connectivity index (χ0) is 18.2. The summed E-state index contributed by atoms with van der Waals surface area (Å²) < 4.78 is 15.6. The topological polar surface area (TPSA) is 81.0 Å². The molecule has 1 amide bonds. The average molecular weight is 348 g/mol. The molecule has 0 saturated carbocycles. The predicted molar refractivity (Wildman–Crippen MR) is 95.8 cm³/mol. The van der Waals surface area contributed by atoms with Crippen LogP contribution in [0.5, 0.6) is 0 Å². The smallest absolute Gasteiger partial charge is 0.336 e. The Bertz CT molecular complexity index is 764. The van der Waals surface area contributed by atoms with Crippen LogP contribution in [0.4, 0.5) is 5.69 Å². The van der Waals surface area contributed by atoms with Crippen LogP contribution in [0.2, 0.25) is 0 Å². The van der Waals surface area contributed by atoms with E-state index in [0.29, 0.717) is 31.0 Å². The second-order valence-corrected chi connectivity index (χ2v) is 5.74. The molecule has 1 aromatic carbocycles. The Hall–Kier alpha value is -2.22. The quantitative estimate of drug-likeness (QED) is 0.697. The second kappa shape index (κ2) is 9.31. The predicted octanol–water partition coefficient (Wildman–Crippen LogP) is 1.85. The summed E-state index contributed by atoms with van der Waals surface area (Å²) in [5.41, 5.74) is 1.50. The number of nitrogens with zero attached hydrogens (tertiary/aromatic N) is 1. The summed E-state index contributed by atoms with van der Waals surface area (Å²) in [4.78, 5) is 25.3. The van der Waals surface area contributed by atoms with Crippen molar-refractivity contribution in [2.75, 3.05) is 45.8 Å². The fourth-order valence-corrected chi connectivity index (χ4v) is 2.59. The zero-order valence-corrected chi connectivity index (χ0v) is 14.8. The summed E-state index contributed by atoms with van der Waals surface area (Å²) in [6.07, 6.45) is 0. The van der Waals surface area contributed by atoms with Gasteiger partial charge in [0.1, 0.15) is 5.58 Å². The minimum absolute atomic E-state index is 0.178. The van der Waals surface area contributed by atoms with E-state index in [1.54, 1.807) is 26.4 Å². The fourth-order valence-electron chi connectivity index (χ4n) is 2.59. The number of anilines is 1. The maximum absolute atomic E-state index is 11.9. The normalized spacial score (nSPS) is 11.2. The maximum Gasteiger partial charge on any atom is 0.336 e. The molecule has 2 rings (SSSR count). The SMILES string of the molecule is COCCN(CCOC)Cc1cc(=O)oc2cc(NC(C)=O)ccc12. The first-order valence-corrected chi connectivity index (χ1v) is 8.08. The number of hydrogen-bond donors (Lipinski definition) is 1. The zero-order valence-electron chi connectivity index (χ0n) is 14.8. The lowest BCUT2D eigenvalue weighted by molar-refractivity contribution is -0.114. The Morgan fingerprint density at radius 1 is 1.16 bits per heavy atom. The van der Waals surface area contributed by atoms with Gasteiger partial charge in [0.15, 0.2) is 0 Å². The van der Waals surface area contributed by atoms with Crippen molar-refractivity contribution in [2.45, 2.75) is 13.5 Å². The summed E-state index contributed by atoms with van der Waals surface area (Å²) in [5.74, 6) is -0.178. The molecule has 7 nitrogen and oxygen atoms in total. The highest BCUT2D eigenvalue weighted by molar-refractivity contribution is 5.92. The van der Waals surface area contributed by atoms with Gasteiger partial charge in [-0.25, -0.2) is 4.79 Å². The number of hydrogen-bond acceptors (Lipinski definition) is 6. The lowest BCUT2D eigenvalue weighted by Crippen LogP contribution is -2.30. The molecule has 0 aliphatic rings. The van der Waals surface area contributed by atoms with Gasteiger partial charge in [-0.3, -0.25) is 9.69 Å². The van der Waals surface area contributed by atoms with Gasteiger partial charge in [0, 0.05) is 64.0 Å². The highest BCUT2D eigenvalue weighted by atomic mass is 16.5. The van der Waals surface area contributed by atoms with E-state index in [-0.39, 0.29) is 5.91 Å². The van der Waals surface area contributed by atoms with Gasteiger partial charge in [0.05, 0.1) is 13.2 Å². The standard InChI is InChI=1S/C18H24N2O5/c1-13(21)19-15-4-5-16-14(10-18(22)25-17(16)11-15)12-20(6-8-23-2)7-9-24-3/h4-5,10-11H,6-9,12H2,1-3H3,(H,19,21). The summed E-state index contributed by atoms with van der Waals surface area (Å²) in [6.45, 7) is 4.65. The van der Waals surface area contributed by atoms with Gasteiger partial charge < -0.3 is 19.2 Å². The lowest BCUT2D eigenvalue weighted by Gasteiger charge is -2.22. The van der Waals surface area contributed by atoms with Crippen LogP contribution in [-0.4, -0.2) is 51.3 Å². The van der Waals surface area contributed by atoms with Crippen LogP contribution in [0.15, 0.2) is 33.5 Å². The molecule has 0 bridgehead atoms. The van der Waals surface area contributed by atoms with Crippen LogP contribution in [0.3, 0.4) is 0 Å². The number of benzene rings is 1. The van der Waals surface area contributed by atoms with Crippen LogP contribution in [0.1, 0.15) is 12.5 Å². The molecule has 0 saturated heterocycles. The number of fused-ring (bicyclic) bond motifs is 1. The molecule has 1 aromatic heterocycles. The van der Waals surface area contributed by atoms with Gasteiger partial charge in [0.2, 0.25) is 5.91 Å². The van der Waals surface area contributed by atoms with Crippen LogP contribution in [-0.2, 0) is 20.8 Å². The number of rotatable bonds is 9. The fraction of sp³-hybridized carbons (Fsp3) is 0.444. The van der Waals surface area contributed by atoms with E-state index in [1.165, 1.54) is 13.0 Å². The van der Waals surface area contributed by atoms with E-state index in [1.807, 2.05) is 6.07 Å². The Morgan fingerprint density at radius 2 is 1.84 bits per heavy atom. The molecule has 7 heteroatoms. The summed E-state index contributed by atoms with van der Waals surface area (Å²) in [7, 11) is 3.31. The summed E-state index contributed by atoms with van der Waals surface area (Å²) in [5, 5.41) is 3.53. The molecule has 0 radical (unpaired) electrons. The van der Waals surface area contributed by atoms with Gasteiger partial charge in [0.25, 0.3) is 0 Å². The van der Waals surface area contributed by atoms with Gasteiger partial charge in [-0.1, -0.05) is 0 Å².